The van der Waals surface area contributed by atoms with Crippen LogP contribution in [-0.4, -0.2) is 19.7 Å². The second kappa shape index (κ2) is 4.62. The van der Waals surface area contributed by atoms with Crippen molar-refractivity contribution in [3.05, 3.63) is 14.7 Å². The van der Waals surface area contributed by atoms with Gasteiger partial charge in [-0.3, -0.25) is 0 Å². The van der Waals surface area contributed by atoms with Gasteiger partial charge < -0.3 is 9.47 Å². The van der Waals surface area contributed by atoms with Gasteiger partial charge in [0.05, 0.1) is 13.7 Å². The van der Waals surface area contributed by atoms with Crippen LogP contribution in [0.15, 0.2) is 9.17 Å². The standard InChI is InChI=1S/C8H9BrO3S/c1-3-12-8(10)5-4-13-7(9)6(5)11-2/h4H,3H2,1-2H3. The van der Waals surface area contributed by atoms with Crippen LogP contribution in [0, 0.1) is 0 Å². The molecule has 0 aromatic carbocycles. The van der Waals surface area contributed by atoms with E-state index in [9.17, 15) is 4.79 Å². The molecule has 5 heteroatoms. The molecule has 0 aliphatic carbocycles. The summed E-state index contributed by atoms with van der Waals surface area (Å²) in [5.74, 6) is 0.199. The third-order valence-electron chi connectivity index (χ3n) is 1.40. The minimum atomic E-state index is -0.346. The number of hydrogen-bond donors (Lipinski definition) is 0. The average Bonchev–Trinajstić information content (AvgIpc) is 2.47. The summed E-state index contributed by atoms with van der Waals surface area (Å²) in [7, 11) is 1.52. The monoisotopic (exact) mass is 264 g/mol. The Morgan fingerprint density at radius 2 is 2.38 bits per heavy atom. The molecule has 0 N–H and O–H groups in total. The summed E-state index contributed by atoms with van der Waals surface area (Å²) in [5.41, 5.74) is 0.473. The topological polar surface area (TPSA) is 35.5 Å². The van der Waals surface area contributed by atoms with E-state index in [-0.39, 0.29) is 5.97 Å². The summed E-state index contributed by atoms with van der Waals surface area (Å²) in [4.78, 5) is 11.3. The smallest absolute Gasteiger partial charge is 0.342 e. The molecule has 0 fully saturated rings. The fourth-order valence-electron chi connectivity index (χ4n) is 0.863. The van der Waals surface area contributed by atoms with E-state index in [4.69, 9.17) is 9.47 Å². The van der Waals surface area contributed by atoms with Crippen LogP contribution >= 0.6 is 27.3 Å². The Hall–Kier alpha value is -0.550. The quantitative estimate of drug-likeness (QED) is 0.788. The SMILES string of the molecule is CCOC(=O)c1csc(Br)c1OC. The van der Waals surface area contributed by atoms with Gasteiger partial charge in [-0.2, -0.15) is 0 Å². The van der Waals surface area contributed by atoms with E-state index in [0.29, 0.717) is 17.9 Å². The summed E-state index contributed by atoms with van der Waals surface area (Å²) in [5, 5.41) is 1.71. The molecular weight excluding hydrogens is 256 g/mol. The number of rotatable bonds is 3. The molecule has 1 rings (SSSR count). The van der Waals surface area contributed by atoms with Crippen LogP contribution in [0.4, 0.5) is 0 Å². The Bertz CT molecular complexity index is 308. The van der Waals surface area contributed by atoms with Crippen LogP contribution in [0.1, 0.15) is 17.3 Å². The van der Waals surface area contributed by atoms with Crippen LogP contribution in [-0.2, 0) is 4.74 Å². The number of esters is 1. The van der Waals surface area contributed by atoms with Crippen LogP contribution in [0.2, 0.25) is 0 Å². The summed E-state index contributed by atoms with van der Waals surface area (Å²) in [6, 6.07) is 0. The number of halogens is 1. The Balaban J connectivity index is 2.93. The second-order valence-corrected chi connectivity index (χ2v) is 4.37. The first-order valence-electron chi connectivity index (χ1n) is 3.68. The molecule has 0 spiro atoms. The van der Waals surface area contributed by atoms with Gasteiger partial charge in [0, 0.05) is 5.38 Å². The molecular formula is C8H9BrO3S. The van der Waals surface area contributed by atoms with Crippen molar-refractivity contribution in [1.82, 2.24) is 0 Å². The van der Waals surface area contributed by atoms with Crippen LogP contribution in [0.25, 0.3) is 0 Å². The zero-order chi connectivity index (χ0) is 9.84. The maximum absolute atomic E-state index is 11.3. The van der Waals surface area contributed by atoms with Crippen LogP contribution in [0.3, 0.4) is 0 Å². The van der Waals surface area contributed by atoms with Crippen molar-refractivity contribution in [3.63, 3.8) is 0 Å². The van der Waals surface area contributed by atoms with Crippen molar-refractivity contribution >= 4 is 33.2 Å². The first-order valence-corrected chi connectivity index (χ1v) is 5.36. The predicted octanol–water partition coefficient (Wildman–Crippen LogP) is 2.70. The number of carbonyl (C=O) groups excluding carboxylic acids is 1. The summed E-state index contributed by atoms with van der Waals surface area (Å²) in [6.45, 7) is 2.14. The highest BCUT2D eigenvalue weighted by molar-refractivity contribution is 9.11. The Morgan fingerprint density at radius 1 is 1.69 bits per heavy atom. The van der Waals surface area contributed by atoms with Gasteiger partial charge in [0.1, 0.15) is 9.35 Å². The van der Waals surface area contributed by atoms with Gasteiger partial charge in [0.2, 0.25) is 0 Å². The van der Waals surface area contributed by atoms with E-state index in [1.165, 1.54) is 18.4 Å². The number of methoxy groups -OCH3 is 1. The predicted molar refractivity (Wildman–Crippen MR) is 54.5 cm³/mol. The van der Waals surface area contributed by atoms with Crippen molar-refractivity contribution in [2.24, 2.45) is 0 Å². The molecule has 0 bridgehead atoms. The lowest BCUT2D eigenvalue weighted by Gasteiger charge is -2.02. The Labute approximate surface area is 88.8 Å². The lowest BCUT2D eigenvalue weighted by atomic mass is 10.3. The zero-order valence-corrected chi connectivity index (χ0v) is 9.70. The normalized spacial score (nSPS) is 9.77. The van der Waals surface area contributed by atoms with Crippen molar-refractivity contribution < 1.29 is 14.3 Å². The molecule has 3 nitrogen and oxygen atoms in total. The van der Waals surface area contributed by atoms with Gasteiger partial charge in [-0.05, 0) is 22.9 Å². The van der Waals surface area contributed by atoms with E-state index in [0.717, 1.165) is 3.79 Å². The lowest BCUT2D eigenvalue weighted by Crippen LogP contribution is -2.04. The van der Waals surface area contributed by atoms with Gasteiger partial charge in [-0.15, -0.1) is 11.3 Å². The molecule has 1 aromatic heterocycles. The maximum Gasteiger partial charge on any atom is 0.342 e. The highest BCUT2D eigenvalue weighted by Gasteiger charge is 2.17. The maximum atomic E-state index is 11.3. The average molecular weight is 265 g/mol. The summed E-state index contributed by atoms with van der Waals surface area (Å²) < 4.78 is 10.7. The molecule has 0 saturated heterocycles. The summed E-state index contributed by atoms with van der Waals surface area (Å²) in [6.07, 6.45) is 0. The van der Waals surface area contributed by atoms with E-state index in [1.807, 2.05) is 0 Å². The molecule has 72 valence electrons. The van der Waals surface area contributed by atoms with Crippen LogP contribution < -0.4 is 4.74 Å². The molecule has 0 atom stereocenters. The second-order valence-electron chi connectivity index (χ2n) is 2.18. The van der Waals surface area contributed by atoms with Crippen molar-refractivity contribution in [3.8, 4) is 5.75 Å². The first-order chi connectivity index (χ1) is 6.20. The lowest BCUT2D eigenvalue weighted by molar-refractivity contribution is 0.0523. The van der Waals surface area contributed by atoms with Gasteiger partial charge in [-0.1, -0.05) is 0 Å². The van der Waals surface area contributed by atoms with E-state index in [2.05, 4.69) is 15.9 Å². The Kier molecular flexibility index (Phi) is 3.74. The van der Waals surface area contributed by atoms with Crippen LogP contribution in [0.5, 0.6) is 5.75 Å². The van der Waals surface area contributed by atoms with Gasteiger partial charge >= 0.3 is 5.97 Å². The van der Waals surface area contributed by atoms with E-state index >= 15 is 0 Å². The Morgan fingerprint density at radius 3 is 2.92 bits per heavy atom. The highest BCUT2D eigenvalue weighted by atomic mass is 79.9. The number of carbonyl (C=O) groups is 1. The molecule has 0 unspecified atom stereocenters. The van der Waals surface area contributed by atoms with Crippen molar-refractivity contribution in [1.29, 1.82) is 0 Å². The van der Waals surface area contributed by atoms with E-state index < -0.39 is 0 Å². The number of ether oxygens (including phenoxy) is 2. The minimum Gasteiger partial charge on any atom is -0.494 e. The molecule has 1 heterocycles. The third-order valence-corrected chi connectivity index (χ3v) is 3.07. The molecule has 0 aliphatic rings. The van der Waals surface area contributed by atoms with Gasteiger partial charge in [0.15, 0.2) is 5.75 Å². The highest BCUT2D eigenvalue weighted by Crippen LogP contribution is 2.35. The molecule has 0 amide bonds. The fraction of sp³-hybridized carbons (Fsp3) is 0.375. The first kappa shape index (κ1) is 10.5. The summed E-state index contributed by atoms with van der Waals surface area (Å²) >= 11 is 4.68. The van der Waals surface area contributed by atoms with Gasteiger partial charge in [-0.25, -0.2) is 4.79 Å². The largest absolute Gasteiger partial charge is 0.494 e. The fourth-order valence-corrected chi connectivity index (χ4v) is 2.24. The molecule has 0 saturated carbocycles. The zero-order valence-electron chi connectivity index (χ0n) is 7.30. The molecule has 0 radical (unpaired) electrons. The minimum absolute atomic E-state index is 0.346. The van der Waals surface area contributed by atoms with E-state index in [1.54, 1.807) is 12.3 Å². The molecule has 1 aromatic rings. The molecule has 13 heavy (non-hydrogen) atoms. The number of hydrogen-bond acceptors (Lipinski definition) is 4. The molecule has 0 aliphatic heterocycles. The number of thiophene rings is 1. The third kappa shape index (κ3) is 2.22. The van der Waals surface area contributed by atoms with Crippen molar-refractivity contribution in [2.75, 3.05) is 13.7 Å². The van der Waals surface area contributed by atoms with Gasteiger partial charge in [0.25, 0.3) is 0 Å². The van der Waals surface area contributed by atoms with Crippen molar-refractivity contribution in [2.45, 2.75) is 6.92 Å².